The molecule has 2 amide bonds. The highest BCUT2D eigenvalue weighted by atomic mass is 16.6. The maximum Gasteiger partial charge on any atom is 0.410 e. The van der Waals surface area contributed by atoms with E-state index in [0.717, 1.165) is 11.5 Å². The van der Waals surface area contributed by atoms with Crippen LogP contribution >= 0.6 is 0 Å². The van der Waals surface area contributed by atoms with Crippen molar-refractivity contribution in [3.63, 3.8) is 0 Å². The zero-order chi connectivity index (χ0) is 15.5. The van der Waals surface area contributed by atoms with Gasteiger partial charge in [-0.25, -0.2) is 4.79 Å². The van der Waals surface area contributed by atoms with Crippen molar-refractivity contribution in [3.8, 4) is 0 Å². The molecule has 0 aliphatic carbocycles. The molecule has 3 heterocycles. The summed E-state index contributed by atoms with van der Waals surface area (Å²) in [7, 11) is 0. The van der Waals surface area contributed by atoms with E-state index in [1.165, 1.54) is 4.90 Å². The van der Waals surface area contributed by atoms with E-state index in [-0.39, 0.29) is 24.4 Å². The third-order valence-corrected chi connectivity index (χ3v) is 3.86. The Morgan fingerprint density at radius 1 is 1.50 bits per heavy atom. The Hall–Kier alpha value is -2.09. The van der Waals surface area contributed by atoms with Crippen LogP contribution in [0.5, 0.6) is 0 Å². The smallest absolute Gasteiger partial charge is 0.410 e. The second-order valence-corrected chi connectivity index (χ2v) is 5.65. The molecule has 2 saturated heterocycles. The van der Waals surface area contributed by atoms with Gasteiger partial charge in [-0.1, -0.05) is 5.16 Å². The van der Waals surface area contributed by atoms with E-state index in [4.69, 9.17) is 14.0 Å². The second-order valence-electron chi connectivity index (χ2n) is 5.65. The first kappa shape index (κ1) is 14.8. The number of hydrogen-bond acceptors (Lipinski definition) is 6. The van der Waals surface area contributed by atoms with Crippen molar-refractivity contribution in [2.24, 2.45) is 5.92 Å². The van der Waals surface area contributed by atoms with Gasteiger partial charge >= 0.3 is 6.09 Å². The van der Waals surface area contributed by atoms with Crippen molar-refractivity contribution in [1.82, 2.24) is 15.4 Å². The van der Waals surface area contributed by atoms with Crippen molar-refractivity contribution in [3.05, 3.63) is 17.5 Å². The van der Waals surface area contributed by atoms with E-state index < -0.39 is 6.09 Å². The van der Waals surface area contributed by atoms with Gasteiger partial charge in [-0.05, 0) is 6.92 Å². The van der Waals surface area contributed by atoms with Crippen molar-refractivity contribution >= 4 is 12.0 Å². The Labute approximate surface area is 127 Å². The number of cyclic esters (lactones) is 1. The van der Waals surface area contributed by atoms with Crippen molar-refractivity contribution in [1.29, 1.82) is 0 Å². The fourth-order valence-corrected chi connectivity index (χ4v) is 2.73. The van der Waals surface area contributed by atoms with Crippen LogP contribution < -0.4 is 5.32 Å². The lowest BCUT2D eigenvalue weighted by Gasteiger charge is -2.19. The molecule has 1 aromatic rings. The Balaban J connectivity index is 1.52. The summed E-state index contributed by atoms with van der Waals surface area (Å²) in [6, 6.07) is 1.80. The van der Waals surface area contributed by atoms with Crippen LogP contribution in [0.25, 0.3) is 0 Å². The minimum atomic E-state index is -0.438. The molecule has 120 valence electrons. The van der Waals surface area contributed by atoms with Crippen molar-refractivity contribution in [2.45, 2.75) is 19.4 Å². The summed E-state index contributed by atoms with van der Waals surface area (Å²) in [5.74, 6) is 0.727. The summed E-state index contributed by atoms with van der Waals surface area (Å²) in [5.41, 5.74) is 0.835. The van der Waals surface area contributed by atoms with Crippen LogP contribution in [0.2, 0.25) is 0 Å². The van der Waals surface area contributed by atoms with Gasteiger partial charge in [-0.3, -0.25) is 9.69 Å². The molecule has 2 atom stereocenters. The number of nitrogens with zero attached hydrogens (tertiary/aromatic N) is 2. The summed E-state index contributed by atoms with van der Waals surface area (Å²) < 4.78 is 15.5. The summed E-state index contributed by atoms with van der Waals surface area (Å²) >= 11 is 0. The molecule has 8 nitrogen and oxygen atoms in total. The van der Waals surface area contributed by atoms with Crippen molar-refractivity contribution < 1.29 is 23.6 Å². The summed E-state index contributed by atoms with van der Waals surface area (Å²) in [4.78, 5) is 24.8. The van der Waals surface area contributed by atoms with Gasteiger partial charge in [0, 0.05) is 18.4 Å². The molecular formula is C14H19N3O5. The molecule has 2 aliphatic rings. The second kappa shape index (κ2) is 6.35. The fraction of sp³-hybridized carbons (Fsp3) is 0.643. The van der Waals surface area contributed by atoms with Crippen LogP contribution in [0.3, 0.4) is 0 Å². The topological polar surface area (TPSA) is 93.9 Å². The predicted octanol–water partition coefficient (Wildman–Crippen LogP) is 0.109. The van der Waals surface area contributed by atoms with E-state index >= 15 is 0 Å². The van der Waals surface area contributed by atoms with Crippen LogP contribution in [-0.4, -0.2) is 61.0 Å². The molecule has 2 fully saturated rings. The fourth-order valence-electron chi connectivity index (χ4n) is 2.73. The molecule has 0 saturated carbocycles. The van der Waals surface area contributed by atoms with Gasteiger partial charge in [0.15, 0.2) is 0 Å². The largest absolute Gasteiger partial charge is 0.448 e. The standard InChI is InChI=1S/C14H19N3O5/c1-9-4-11(22-16-9)5-10-7-20-8-12(10)15-13(18)6-17-2-3-21-14(17)19/h4,10,12H,2-3,5-8H2,1H3,(H,15,18)/t10-,12+/m1/s1. The predicted molar refractivity (Wildman–Crippen MR) is 74.1 cm³/mol. The minimum Gasteiger partial charge on any atom is -0.448 e. The van der Waals surface area contributed by atoms with Crippen LogP contribution in [0.4, 0.5) is 4.79 Å². The number of carbonyl (C=O) groups excluding carboxylic acids is 2. The quantitative estimate of drug-likeness (QED) is 0.829. The van der Waals surface area contributed by atoms with Gasteiger partial charge in [0.05, 0.1) is 31.5 Å². The maximum atomic E-state index is 12.1. The van der Waals surface area contributed by atoms with Crippen LogP contribution in [-0.2, 0) is 20.7 Å². The molecule has 0 bridgehead atoms. The third-order valence-electron chi connectivity index (χ3n) is 3.86. The van der Waals surface area contributed by atoms with Gasteiger partial charge in [0.1, 0.15) is 18.9 Å². The molecule has 2 aliphatic heterocycles. The van der Waals surface area contributed by atoms with E-state index in [0.29, 0.717) is 32.8 Å². The molecule has 0 unspecified atom stereocenters. The van der Waals surface area contributed by atoms with E-state index in [9.17, 15) is 9.59 Å². The molecule has 0 radical (unpaired) electrons. The summed E-state index contributed by atoms with van der Waals surface area (Å²) in [6.45, 7) is 3.71. The number of carbonyl (C=O) groups is 2. The van der Waals surface area contributed by atoms with Gasteiger partial charge in [-0.2, -0.15) is 0 Å². The van der Waals surface area contributed by atoms with E-state index in [1.54, 1.807) is 0 Å². The molecule has 0 spiro atoms. The molecule has 1 aromatic heterocycles. The first-order valence-electron chi connectivity index (χ1n) is 7.33. The minimum absolute atomic E-state index is 0.0173. The lowest BCUT2D eigenvalue weighted by atomic mass is 9.98. The molecule has 22 heavy (non-hydrogen) atoms. The monoisotopic (exact) mass is 309 g/mol. The highest BCUT2D eigenvalue weighted by Gasteiger charge is 2.32. The number of aromatic nitrogens is 1. The normalized spacial score (nSPS) is 24.6. The number of amides is 2. The lowest BCUT2D eigenvalue weighted by molar-refractivity contribution is -0.122. The van der Waals surface area contributed by atoms with Gasteiger partial charge in [-0.15, -0.1) is 0 Å². The number of ether oxygens (including phenoxy) is 2. The van der Waals surface area contributed by atoms with Crippen LogP contribution in [0.15, 0.2) is 10.6 Å². The van der Waals surface area contributed by atoms with E-state index in [1.807, 2.05) is 13.0 Å². The number of aryl methyl sites for hydroxylation is 1. The van der Waals surface area contributed by atoms with Gasteiger partial charge in [0.2, 0.25) is 5.91 Å². The Morgan fingerprint density at radius 3 is 3.05 bits per heavy atom. The summed E-state index contributed by atoms with van der Waals surface area (Å²) in [5, 5.41) is 6.79. The third kappa shape index (κ3) is 3.38. The van der Waals surface area contributed by atoms with Crippen molar-refractivity contribution in [2.75, 3.05) is 32.9 Å². The SMILES string of the molecule is Cc1cc(C[C@@H]2COC[C@@H]2NC(=O)CN2CCOC2=O)on1. The highest BCUT2D eigenvalue weighted by Crippen LogP contribution is 2.19. The molecular weight excluding hydrogens is 290 g/mol. The maximum absolute atomic E-state index is 12.1. The Bertz CT molecular complexity index is 558. The Morgan fingerprint density at radius 2 is 2.36 bits per heavy atom. The molecule has 3 rings (SSSR count). The average molecular weight is 309 g/mol. The molecule has 8 heteroatoms. The van der Waals surface area contributed by atoms with Gasteiger partial charge in [0.25, 0.3) is 0 Å². The lowest BCUT2D eigenvalue weighted by Crippen LogP contribution is -2.45. The Kier molecular flexibility index (Phi) is 4.28. The average Bonchev–Trinajstić information content (AvgIpc) is 3.16. The number of hydrogen-bond donors (Lipinski definition) is 1. The number of nitrogens with one attached hydrogen (secondary N) is 1. The zero-order valence-corrected chi connectivity index (χ0v) is 12.4. The summed E-state index contributed by atoms with van der Waals surface area (Å²) in [6.07, 6.45) is 0.226. The molecule has 1 N–H and O–H groups in total. The van der Waals surface area contributed by atoms with Crippen LogP contribution in [0.1, 0.15) is 11.5 Å². The van der Waals surface area contributed by atoms with Gasteiger partial charge < -0.3 is 19.3 Å². The van der Waals surface area contributed by atoms with Crippen LogP contribution in [0, 0.1) is 12.8 Å². The highest BCUT2D eigenvalue weighted by molar-refractivity contribution is 5.83. The first-order chi connectivity index (χ1) is 10.6. The first-order valence-corrected chi connectivity index (χ1v) is 7.33. The number of rotatable bonds is 5. The zero-order valence-electron chi connectivity index (χ0n) is 12.4. The molecule has 0 aromatic carbocycles. The van der Waals surface area contributed by atoms with E-state index in [2.05, 4.69) is 10.5 Å².